The summed E-state index contributed by atoms with van der Waals surface area (Å²) < 4.78 is 43.2. The minimum absolute atomic E-state index is 0.129. The van der Waals surface area contributed by atoms with Gasteiger partial charge in [0, 0.05) is 31.4 Å². The predicted octanol–water partition coefficient (Wildman–Crippen LogP) is 2.88. The first-order valence-electron chi connectivity index (χ1n) is 10.5. The number of halogens is 1. The molecule has 1 fully saturated rings. The highest BCUT2D eigenvalue weighted by atomic mass is 32.2. The van der Waals surface area contributed by atoms with Crippen LogP contribution in [0.2, 0.25) is 0 Å². The number of anilines is 1. The van der Waals surface area contributed by atoms with Crippen LogP contribution in [-0.4, -0.2) is 61.9 Å². The van der Waals surface area contributed by atoms with Gasteiger partial charge in [0.05, 0.1) is 5.69 Å². The highest BCUT2D eigenvalue weighted by molar-refractivity contribution is 7.87. The molecular formula is C22H27FN6O3S. The topological polar surface area (TPSA) is 118 Å². The third-order valence-electron chi connectivity index (χ3n) is 5.66. The van der Waals surface area contributed by atoms with Crippen molar-refractivity contribution in [3.63, 3.8) is 0 Å². The molecule has 33 heavy (non-hydrogen) atoms. The molecule has 0 spiro atoms. The Bertz CT molecular complexity index is 1200. The highest BCUT2D eigenvalue weighted by Gasteiger charge is 2.32. The van der Waals surface area contributed by atoms with E-state index in [2.05, 4.69) is 10.3 Å². The van der Waals surface area contributed by atoms with E-state index in [9.17, 15) is 17.6 Å². The maximum absolute atomic E-state index is 14.4. The number of nitrogens with one attached hydrogen (secondary N) is 2. The molecule has 0 radical (unpaired) electrons. The van der Waals surface area contributed by atoms with Crippen LogP contribution >= 0.6 is 0 Å². The average molecular weight is 475 g/mol. The van der Waals surface area contributed by atoms with Crippen LogP contribution in [0.25, 0.3) is 11.1 Å². The van der Waals surface area contributed by atoms with Gasteiger partial charge in [-0.3, -0.25) is 0 Å². The standard InChI is InChI=1S/C22H27FN6O3S/c1-14(2)19-10-16(23)11-20(15-5-7-25-17(9-15)12-24)21(19)26-22(30)27-33(31,32)29(4)18-6-8-28(3)13-18/h5,7,9-11,14,18H,6,8,13H2,1-4H3,(H2,26,27,30). The van der Waals surface area contributed by atoms with Gasteiger partial charge in [-0.2, -0.15) is 18.0 Å². The lowest BCUT2D eigenvalue weighted by atomic mass is 9.94. The lowest BCUT2D eigenvalue weighted by molar-refractivity contribution is 0.255. The van der Waals surface area contributed by atoms with Gasteiger partial charge in [-0.1, -0.05) is 13.8 Å². The second-order valence-corrected chi connectivity index (χ2v) is 10.1. The van der Waals surface area contributed by atoms with Gasteiger partial charge >= 0.3 is 16.2 Å². The van der Waals surface area contributed by atoms with E-state index in [-0.39, 0.29) is 23.3 Å². The Morgan fingerprint density at radius 1 is 1.36 bits per heavy atom. The number of urea groups is 1. The molecule has 1 aliphatic heterocycles. The summed E-state index contributed by atoms with van der Waals surface area (Å²) in [6, 6.07) is 6.32. The fourth-order valence-corrected chi connectivity index (χ4v) is 4.84. The molecule has 176 valence electrons. The molecule has 2 heterocycles. The minimum Gasteiger partial charge on any atom is -0.306 e. The molecule has 2 N–H and O–H groups in total. The van der Waals surface area contributed by atoms with Crippen molar-refractivity contribution in [3.8, 4) is 17.2 Å². The summed E-state index contributed by atoms with van der Waals surface area (Å²) in [5.74, 6) is -0.701. The molecule has 2 aromatic rings. The zero-order valence-electron chi connectivity index (χ0n) is 19.0. The maximum atomic E-state index is 14.4. The zero-order chi connectivity index (χ0) is 24.3. The van der Waals surface area contributed by atoms with E-state index >= 15 is 0 Å². The summed E-state index contributed by atoms with van der Waals surface area (Å²) >= 11 is 0. The van der Waals surface area contributed by atoms with Gasteiger partial charge in [-0.25, -0.2) is 18.9 Å². The summed E-state index contributed by atoms with van der Waals surface area (Å²) in [4.78, 5) is 18.7. The minimum atomic E-state index is -4.10. The molecule has 1 aromatic carbocycles. The molecule has 1 saturated heterocycles. The Balaban J connectivity index is 1.93. The van der Waals surface area contributed by atoms with E-state index in [4.69, 9.17) is 5.26 Å². The van der Waals surface area contributed by atoms with Gasteiger partial charge in [0.25, 0.3) is 0 Å². The number of hydrogen-bond donors (Lipinski definition) is 2. The van der Waals surface area contributed by atoms with Crippen LogP contribution in [0, 0.1) is 17.1 Å². The molecule has 11 heteroatoms. The van der Waals surface area contributed by atoms with Gasteiger partial charge < -0.3 is 10.2 Å². The van der Waals surface area contributed by atoms with Crippen LogP contribution in [0.3, 0.4) is 0 Å². The van der Waals surface area contributed by atoms with Crippen molar-refractivity contribution < 1.29 is 17.6 Å². The number of aromatic nitrogens is 1. The molecule has 0 bridgehead atoms. The number of likely N-dealkylation sites (tertiary alicyclic amines) is 1. The molecule has 0 saturated carbocycles. The molecule has 3 rings (SSSR count). The Morgan fingerprint density at radius 2 is 2.09 bits per heavy atom. The predicted molar refractivity (Wildman–Crippen MR) is 123 cm³/mol. The van der Waals surface area contributed by atoms with Crippen LogP contribution in [0.5, 0.6) is 0 Å². The lowest BCUT2D eigenvalue weighted by Crippen LogP contribution is -2.48. The second kappa shape index (κ2) is 9.82. The van der Waals surface area contributed by atoms with Crippen LogP contribution in [0.4, 0.5) is 14.9 Å². The van der Waals surface area contributed by atoms with Crippen LogP contribution in [-0.2, 0) is 10.2 Å². The molecule has 1 unspecified atom stereocenters. The number of benzene rings is 1. The highest BCUT2D eigenvalue weighted by Crippen LogP contribution is 2.36. The lowest BCUT2D eigenvalue weighted by Gasteiger charge is -2.24. The number of carbonyl (C=O) groups excluding carboxylic acids is 1. The smallest absolute Gasteiger partial charge is 0.306 e. The SMILES string of the molecule is CC(C)c1cc(F)cc(-c2ccnc(C#N)c2)c1NC(=O)NS(=O)(=O)N(C)C1CCN(C)C1. The van der Waals surface area contributed by atoms with Crippen molar-refractivity contribution in [3.05, 3.63) is 47.5 Å². The van der Waals surface area contributed by atoms with Crippen LogP contribution in [0.1, 0.15) is 37.4 Å². The average Bonchev–Trinajstić information content (AvgIpc) is 3.19. The Hall–Kier alpha value is -3.07. The van der Waals surface area contributed by atoms with Crippen molar-refractivity contribution >= 4 is 21.9 Å². The number of amides is 2. The summed E-state index contributed by atoms with van der Waals surface area (Å²) in [5, 5.41) is 11.8. The van der Waals surface area contributed by atoms with Gasteiger partial charge in [0.2, 0.25) is 0 Å². The number of nitriles is 1. The normalized spacial score (nSPS) is 16.7. The van der Waals surface area contributed by atoms with E-state index in [1.54, 1.807) is 6.07 Å². The van der Waals surface area contributed by atoms with Gasteiger partial charge in [-0.05, 0) is 61.3 Å². The number of carbonyl (C=O) groups is 1. The first-order valence-corrected chi connectivity index (χ1v) is 11.9. The quantitative estimate of drug-likeness (QED) is 0.665. The molecule has 0 aliphatic carbocycles. The maximum Gasteiger partial charge on any atom is 0.333 e. The zero-order valence-corrected chi connectivity index (χ0v) is 19.8. The van der Waals surface area contributed by atoms with Crippen molar-refractivity contribution in [2.75, 3.05) is 32.5 Å². The number of hydrogen-bond acceptors (Lipinski definition) is 6. The second-order valence-electron chi connectivity index (χ2n) is 8.40. The van der Waals surface area contributed by atoms with Gasteiger partial charge in [-0.15, -0.1) is 0 Å². The third-order valence-corrected chi connectivity index (χ3v) is 7.16. The summed E-state index contributed by atoms with van der Waals surface area (Å²) in [6.45, 7) is 5.00. The molecule has 1 aliphatic rings. The van der Waals surface area contributed by atoms with Crippen molar-refractivity contribution in [1.29, 1.82) is 5.26 Å². The first-order chi connectivity index (χ1) is 15.5. The fraction of sp³-hybridized carbons (Fsp3) is 0.409. The number of pyridine rings is 1. The molecule has 9 nitrogen and oxygen atoms in total. The fourth-order valence-electron chi connectivity index (χ4n) is 3.84. The monoisotopic (exact) mass is 474 g/mol. The Labute approximate surface area is 193 Å². The molecule has 1 aromatic heterocycles. The van der Waals surface area contributed by atoms with E-state index in [0.29, 0.717) is 29.7 Å². The number of rotatable bonds is 6. The molecule has 2 amide bonds. The summed E-state index contributed by atoms with van der Waals surface area (Å²) in [7, 11) is -0.761. The van der Waals surface area contributed by atoms with Crippen molar-refractivity contribution in [1.82, 2.24) is 18.9 Å². The van der Waals surface area contributed by atoms with Crippen LogP contribution in [0.15, 0.2) is 30.5 Å². The summed E-state index contributed by atoms with van der Waals surface area (Å²) in [6.07, 6.45) is 2.08. The van der Waals surface area contributed by atoms with Crippen molar-refractivity contribution in [2.24, 2.45) is 0 Å². The van der Waals surface area contributed by atoms with Crippen molar-refractivity contribution in [2.45, 2.75) is 32.2 Å². The molecular weight excluding hydrogens is 447 g/mol. The van der Waals surface area contributed by atoms with Gasteiger partial charge in [0.15, 0.2) is 0 Å². The van der Waals surface area contributed by atoms with Gasteiger partial charge in [0.1, 0.15) is 17.6 Å². The molecule has 1 atom stereocenters. The Kier molecular flexibility index (Phi) is 7.31. The van der Waals surface area contributed by atoms with E-state index < -0.39 is 22.1 Å². The van der Waals surface area contributed by atoms with E-state index in [1.807, 2.05) is 36.6 Å². The largest absolute Gasteiger partial charge is 0.333 e. The summed E-state index contributed by atoms with van der Waals surface area (Å²) in [5.41, 5.74) is 1.66. The Morgan fingerprint density at radius 3 is 2.70 bits per heavy atom. The number of nitrogens with zero attached hydrogens (tertiary/aromatic N) is 4. The first kappa shape index (κ1) is 24.6. The van der Waals surface area contributed by atoms with Crippen LogP contribution < -0.4 is 10.0 Å². The third kappa shape index (κ3) is 5.65. The van der Waals surface area contributed by atoms with E-state index in [1.165, 1.54) is 31.4 Å². The van der Waals surface area contributed by atoms with E-state index in [0.717, 1.165) is 10.8 Å². The number of likely N-dealkylation sites (N-methyl/N-ethyl adjacent to an activating group) is 2.